The smallest absolute Gasteiger partial charge is 0.227 e. The molecule has 0 spiro atoms. The second kappa shape index (κ2) is 7.64. The Bertz CT molecular complexity index is 1750. The van der Waals surface area contributed by atoms with Gasteiger partial charge in [-0.05, 0) is 49.6 Å². The number of fused-ring (bicyclic) bond motifs is 6. The van der Waals surface area contributed by atoms with Crippen molar-refractivity contribution in [3.05, 3.63) is 66.0 Å². The Morgan fingerprint density at radius 1 is 0.914 bits per heavy atom. The van der Waals surface area contributed by atoms with Crippen LogP contribution in [0.2, 0.25) is 0 Å². The number of hydrogen-bond acceptors (Lipinski definition) is 4. The maximum absolute atomic E-state index is 6.46. The molecule has 6 rings (SSSR count). The molecule has 5 heteroatoms. The average molecular weight is 463 g/mol. The lowest BCUT2D eigenvalue weighted by Gasteiger charge is -2.26. The van der Waals surface area contributed by atoms with Crippen molar-refractivity contribution < 1.29 is 4.42 Å². The number of aromatic nitrogens is 4. The first-order chi connectivity index (χ1) is 16.8. The van der Waals surface area contributed by atoms with Gasteiger partial charge in [-0.25, -0.2) is 9.97 Å². The summed E-state index contributed by atoms with van der Waals surface area (Å²) in [7, 11) is 0. The number of furan rings is 1. The molecule has 1 atom stereocenters. The minimum Gasteiger partial charge on any atom is -0.437 e. The van der Waals surface area contributed by atoms with Crippen molar-refractivity contribution >= 4 is 44.0 Å². The predicted octanol–water partition coefficient (Wildman–Crippen LogP) is 8.02. The van der Waals surface area contributed by atoms with Gasteiger partial charge >= 0.3 is 0 Å². The summed E-state index contributed by atoms with van der Waals surface area (Å²) in [6, 6.07) is 19.0. The third-order valence-corrected chi connectivity index (χ3v) is 7.39. The molecule has 0 aliphatic rings. The average Bonchev–Trinajstić information content (AvgIpc) is 3.40. The second-order valence-corrected chi connectivity index (χ2v) is 10.6. The van der Waals surface area contributed by atoms with Gasteiger partial charge in [-0.2, -0.15) is 0 Å². The molecule has 4 heterocycles. The van der Waals surface area contributed by atoms with Crippen LogP contribution < -0.4 is 0 Å². The van der Waals surface area contributed by atoms with Crippen LogP contribution in [0.25, 0.3) is 55.4 Å². The quantitative estimate of drug-likeness (QED) is 0.267. The van der Waals surface area contributed by atoms with Gasteiger partial charge in [-0.3, -0.25) is 4.98 Å². The van der Waals surface area contributed by atoms with Gasteiger partial charge in [0.2, 0.25) is 5.71 Å². The number of aryl methyl sites for hydroxylation is 2. The van der Waals surface area contributed by atoms with Crippen LogP contribution in [0.1, 0.15) is 51.9 Å². The van der Waals surface area contributed by atoms with Crippen molar-refractivity contribution in [1.82, 2.24) is 19.5 Å². The lowest BCUT2D eigenvalue weighted by atomic mass is 9.80. The molecule has 2 aromatic carbocycles. The van der Waals surface area contributed by atoms with Crippen LogP contribution in [0.4, 0.5) is 0 Å². The predicted molar refractivity (Wildman–Crippen MR) is 144 cm³/mol. The maximum atomic E-state index is 6.46. The zero-order valence-electron chi connectivity index (χ0n) is 21.2. The van der Waals surface area contributed by atoms with E-state index < -0.39 is 0 Å². The Morgan fingerprint density at radius 2 is 1.71 bits per heavy atom. The van der Waals surface area contributed by atoms with E-state index >= 15 is 0 Å². The van der Waals surface area contributed by atoms with Crippen molar-refractivity contribution in [3.63, 3.8) is 0 Å². The number of hydrogen-bond donors (Lipinski definition) is 0. The molecular formula is C30H30N4O. The van der Waals surface area contributed by atoms with Crippen LogP contribution in [0.5, 0.6) is 0 Å². The third kappa shape index (κ3) is 3.33. The number of rotatable bonds is 3. The van der Waals surface area contributed by atoms with E-state index in [9.17, 15) is 0 Å². The van der Waals surface area contributed by atoms with Gasteiger partial charge in [-0.1, -0.05) is 52.0 Å². The molecule has 1 unspecified atom stereocenters. The molecule has 35 heavy (non-hydrogen) atoms. The Morgan fingerprint density at radius 3 is 2.49 bits per heavy atom. The number of para-hydroxylation sites is 1. The van der Waals surface area contributed by atoms with E-state index in [2.05, 4.69) is 93.8 Å². The third-order valence-electron chi connectivity index (χ3n) is 7.39. The van der Waals surface area contributed by atoms with E-state index in [-0.39, 0.29) is 5.41 Å². The van der Waals surface area contributed by atoms with E-state index in [0.717, 1.165) is 67.6 Å². The standard InChI is InChI=1S/C30H30N4O/c1-7-34-26-24(15-13-19-12-11-17(2)31-25(19)26)32-28(34)22-10-8-9-20-21-14-16-23(18(3)30(4,5)6)33-29(21)35-27(20)22/h8-16,18H,7H2,1-6H3. The molecule has 0 saturated heterocycles. The summed E-state index contributed by atoms with van der Waals surface area (Å²) in [5.41, 5.74) is 7.67. The highest BCUT2D eigenvalue weighted by Gasteiger charge is 2.25. The van der Waals surface area contributed by atoms with Gasteiger partial charge in [0, 0.05) is 40.0 Å². The summed E-state index contributed by atoms with van der Waals surface area (Å²) in [5, 5.41) is 3.22. The van der Waals surface area contributed by atoms with Crippen LogP contribution in [0, 0.1) is 12.3 Å². The highest BCUT2D eigenvalue weighted by molar-refractivity contribution is 6.09. The monoisotopic (exact) mass is 462 g/mol. The molecule has 0 aliphatic carbocycles. The van der Waals surface area contributed by atoms with E-state index in [1.54, 1.807) is 0 Å². The first-order valence-electron chi connectivity index (χ1n) is 12.4. The summed E-state index contributed by atoms with van der Waals surface area (Å²) < 4.78 is 8.72. The van der Waals surface area contributed by atoms with Crippen molar-refractivity contribution in [1.29, 1.82) is 0 Å². The maximum Gasteiger partial charge on any atom is 0.227 e. The van der Waals surface area contributed by atoms with Crippen LogP contribution in [0.3, 0.4) is 0 Å². The normalized spacial score (nSPS) is 13.4. The van der Waals surface area contributed by atoms with Crippen LogP contribution in [-0.2, 0) is 6.54 Å². The summed E-state index contributed by atoms with van der Waals surface area (Å²) in [6.45, 7) is 13.9. The minimum atomic E-state index is 0.124. The molecule has 5 nitrogen and oxygen atoms in total. The number of imidazole rings is 1. The largest absolute Gasteiger partial charge is 0.437 e. The molecule has 0 aliphatic heterocycles. The molecule has 0 saturated carbocycles. The number of benzene rings is 2. The fourth-order valence-electron chi connectivity index (χ4n) is 4.96. The molecule has 176 valence electrons. The van der Waals surface area contributed by atoms with Gasteiger partial charge in [0.25, 0.3) is 0 Å². The lowest BCUT2D eigenvalue weighted by molar-refractivity contribution is 0.334. The molecule has 0 radical (unpaired) electrons. The Balaban J connectivity index is 1.61. The van der Waals surface area contributed by atoms with Crippen molar-refractivity contribution in [2.75, 3.05) is 0 Å². The van der Waals surface area contributed by atoms with E-state index in [4.69, 9.17) is 19.4 Å². The van der Waals surface area contributed by atoms with Crippen LogP contribution >= 0.6 is 0 Å². The summed E-state index contributed by atoms with van der Waals surface area (Å²) in [5.74, 6) is 1.21. The Labute approximate surface area is 204 Å². The fourth-order valence-corrected chi connectivity index (χ4v) is 4.96. The first-order valence-corrected chi connectivity index (χ1v) is 12.4. The Hall–Kier alpha value is -3.73. The molecule has 6 aromatic rings. The zero-order valence-corrected chi connectivity index (χ0v) is 21.2. The van der Waals surface area contributed by atoms with Crippen LogP contribution in [0.15, 0.2) is 59.0 Å². The fraction of sp³-hybridized carbons (Fsp3) is 0.300. The van der Waals surface area contributed by atoms with Crippen LogP contribution in [-0.4, -0.2) is 19.5 Å². The summed E-state index contributed by atoms with van der Waals surface area (Å²) >= 11 is 0. The molecule has 0 fully saturated rings. The van der Waals surface area contributed by atoms with E-state index in [1.807, 2.05) is 6.92 Å². The van der Waals surface area contributed by atoms with Crippen molar-refractivity contribution in [2.45, 2.75) is 54.0 Å². The van der Waals surface area contributed by atoms with Gasteiger partial charge in [0.15, 0.2) is 0 Å². The number of pyridine rings is 2. The summed E-state index contributed by atoms with van der Waals surface area (Å²) in [4.78, 5) is 14.9. The zero-order chi connectivity index (χ0) is 24.5. The second-order valence-electron chi connectivity index (χ2n) is 10.6. The molecule has 4 aromatic heterocycles. The Kier molecular flexibility index (Phi) is 4.75. The SMILES string of the molecule is CCn1c(-c2cccc3c2oc2nc(C(C)C(C)(C)C)ccc23)nc2ccc3ccc(C)nc3c21. The van der Waals surface area contributed by atoms with Gasteiger partial charge in [-0.15, -0.1) is 0 Å². The molecule has 0 bridgehead atoms. The van der Waals surface area contributed by atoms with Gasteiger partial charge in [0.05, 0.1) is 22.1 Å². The van der Waals surface area contributed by atoms with E-state index in [1.165, 1.54) is 0 Å². The van der Waals surface area contributed by atoms with Gasteiger partial charge in [0.1, 0.15) is 11.4 Å². The first kappa shape index (κ1) is 21.8. The van der Waals surface area contributed by atoms with Crippen molar-refractivity contribution in [2.24, 2.45) is 5.41 Å². The topological polar surface area (TPSA) is 56.7 Å². The van der Waals surface area contributed by atoms with Crippen molar-refractivity contribution in [3.8, 4) is 11.4 Å². The molecular weight excluding hydrogens is 432 g/mol. The number of nitrogens with zero attached hydrogens (tertiary/aromatic N) is 4. The highest BCUT2D eigenvalue weighted by Crippen LogP contribution is 2.39. The highest BCUT2D eigenvalue weighted by atomic mass is 16.3. The minimum absolute atomic E-state index is 0.124. The molecule has 0 N–H and O–H groups in total. The van der Waals surface area contributed by atoms with Gasteiger partial charge < -0.3 is 8.98 Å². The van der Waals surface area contributed by atoms with E-state index in [0.29, 0.717) is 11.6 Å². The summed E-state index contributed by atoms with van der Waals surface area (Å²) in [6.07, 6.45) is 0. The lowest BCUT2D eigenvalue weighted by Crippen LogP contribution is -2.16. The molecule has 0 amide bonds.